The second-order valence-corrected chi connectivity index (χ2v) is 4.63. The summed E-state index contributed by atoms with van der Waals surface area (Å²) in [5.74, 6) is 0.730. The van der Waals surface area contributed by atoms with Gasteiger partial charge in [0, 0.05) is 11.1 Å². The smallest absolute Gasteiger partial charge is 0.0991 e. The van der Waals surface area contributed by atoms with E-state index >= 15 is 0 Å². The van der Waals surface area contributed by atoms with E-state index in [2.05, 4.69) is 0 Å². The molecule has 0 spiro atoms. The Hall–Kier alpha value is 0.860. The molecule has 0 unspecified atom stereocenters. The normalized spacial score (nSPS) is 10.5. The Kier molecular flexibility index (Phi) is 3.79. The molecule has 0 saturated heterocycles. The lowest BCUT2D eigenvalue weighted by atomic mass is 10.2. The maximum Gasteiger partial charge on any atom is 0.0991 e. The number of hydrogen-bond acceptors (Lipinski definition) is 1. The molecule has 0 nitrogen and oxygen atoms in total. The molecule has 11 heavy (non-hydrogen) atoms. The Morgan fingerprint density at radius 3 is 1.55 bits per heavy atom. The molecular formula is C6H4Cl4S. The van der Waals surface area contributed by atoms with E-state index in [0.717, 1.165) is 11.1 Å². The molecule has 0 amide bonds. The van der Waals surface area contributed by atoms with Crippen LogP contribution in [-0.2, 0) is 11.8 Å². The van der Waals surface area contributed by atoms with Gasteiger partial charge in [0.2, 0.25) is 0 Å². The molecular weight excluding hydrogens is 246 g/mol. The monoisotopic (exact) mass is 248 g/mol. The minimum atomic E-state index is 0.365. The first-order valence-corrected chi connectivity index (χ1v) is 5.42. The van der Waals surface area contributed by atoms with E-state index in [1.807, 2.05) is 0 Å². The second kappa shape index (κ2) is 4.20. The van der Waals surface area contributed by atoms with Crippen molar-refractivity contribution in [2.75, 3.05) is 0 Å². The van der Waals surface area contributed by atoms with Crippen LogP contribution in [0.1, 0.15) is 11.1 Å². The number of rotatable bonds is 2. The SMILES string of the molecule is ClCc1c(Cl)sc(Cl)c1CCl. The van der Waals surface area contributed by atoms with Crippen LogP contribution in [0.5, 0.6) is 0 Å². The van der Waals surface area contributed by atoms with E-state index in [9.17, 15) is 0 Å². The van der Waals surface area contributed by atoms with Crippen LogP contribution < -0.4 is 0 Å². The standard InChI is InChI=1S/C6H4Cl4S/c7-1-3-4(2-8)6(10)11-5(3)9/h1-2H2. The van der Waals surface area contributed by atoms with Crippen LogP contribution in [0.3, 0.4) is 0 Å². The third kappa shape index (κ3) is 1.96. The average Bonchev–Trinajstić information content (AvgIpc) is 2.24. The summed E-state index contributed by atoms with van der Waals surface area (Å²) in [4.78, 5) is 0. The maximum atomic E-state index is 5.82. The summed E-state index contributed by atoms with van der Waals surface area (Å²) in [6, 6.07) is 0. The first kappa shape index (κ1) is 9.94. The van der Waals surface area contributed by atoms with Crippen LogP contribution in [0.15, 0.2) is 0 Å². The molecule has 1 aromatic heterocycles. The molecule has 0 aliphatic heterocycles. The lowest BCUT2D eigenvalue weighted by Gasteiger charge is -1.94. The first-order chi connectivity index (χ1) is 5.20. The minimum Gasteiger partial charge on any atom is -0.121 e. The third-order valence-electron chi connectivity index (χ3n) is 1.29. The Morgan fingerprint density at radius 1 is 0.909 bits per heavy atom. The second-order valence-electron chi connectivity index (χ2n) is 1.87. The van der Waals surface area contributed by atoms with Crippen molar-refractivity contribution in [1.82, 2.24) is 0 Å². The van der Waals surface area contributed by atoms with Crippen LogP contribution in [0.25, 0.3) is 0 Å². The summed E-state index contributed by atoms with van der Waals surface area (Å²) < 4.78 is 1.28. The van der Waals surface area contributed by atoms with Gasteiger partial charge in [0.25, 0.3) is 0 Å². The fraction of sp³-hybridized carbons (Fsp3) is 0.333. The van der Waals surface area contributed by atoms with Crippen LogP contribution in [-0.4, -0.2) is 0 Å². The van der Waals surface area contributed by atoms with Crippen LogP contribution in [0, 0.1) is 0 Å². The zero-order valence-electron chi connectivity index (χ0n) is 5.33. The number of hydrogen-bond donors (Lipinski definition) is 0. The van der Waals surface area contributed by atoms with Crippen LogP contribution >= 0.6 is 57.7 Å². The van der Waals surface area contributed by atoms with Gasteiger partial charge in [0.15, 0.2) is 0 Å². The zero-order chi connectivity index (χ0) is 8.43. The summed E-state index contributed by atoms with van der Waals surface area (Å²) in [6.07, 6.45) is 0. The van der Waals surface area contributed by atoms with E-state index in [1.54, 1.807) is 0 Å². The molecule has 0 saturated carbocycles. The van der Waals surface area contributed by atoms with Crippen LogP contribution in [0.4, 0.5) is 0 Å². The van der Waals surface area contributed by atoms with Gasteiger partial charge >= 0.3 is 0 Å². The van der Waals surface area contributed by atoms with E-state index < -0.39 is 0 Å². The highest BCUT2D eigenvalue weighted by Gasteiger charge is 2.13. The average molecular weight is 250 g/mol. The van der Waals surface area contributed by atoms with Gasteiger partial charge in [-0.15, -0.1) is 34.5 Å². The fourth-order valence-electron chi connectivity index (χ4n) is 0.706. The molecule has 0 aliphatic rings. The van der Waals surface area contributed by atoms with E-state index in [0.29, 0.717) is 20.4 Å². The number of halogens is 4. The Balaban J connectivity index is 3.17. The lowest BCUT2D eigenvalue weighted by molar-refractivity contribution is 1.32. The van der Waals surface area contributed by atoms with Gasteiger partial charge in [0.1, 0.15) is 0 Å². The molecule has 0 atom stereocenters. The van der Waals surface area contributed by atoms with Crippen molar-refractivity contribution in [3.63, 3.8) is 0 Å². The van der Waals surface area contributed by atoms with Crippen LogP contribution in [0.2, 0.25) is 8.67 Å². The van der Waals surface area contributed by atoms with Gasteiger partial charge in [-0.2, -0.15) is 0 Å². The fourth-order valence-corrected chi connectivity index (χ4v) is 3.33. The number of alkyl halides is 2. The molecule has 0 aliphatic carbocycles. The molecule has 0 aromatic carbocycles. The lowest BCUT2D eigenvalue weighted by Crippen LogP contribution is -1.81. The van der Waals surface area contributed by atoms with E-state index in [4.69, 9.17) is 46.4 Å². The quantitative estimate of drug-likeness (QED) is 0.676. The first-order valence-electron chi connectivity index (χ1n) is 2.78. The van der Waals surface area contributed by atoms with Gasteiger partial charge < -0.3 is 0 Å². The summed E-state index contributed by atoms with van der Waals surface area (Å²) in [5, 5.41) is 0. The van der Waals surface area contributed by atoms with Gasteiger partial charge in [0.05, 0.1) is 20.4 Å². The summed E-state index contributed by atoms with van der Waals surface area (Å²) >= 11 is 24.2. The van der Waals surface area contributed by atoms with Gasteiger partial charge in [-0.05, 0) is 0 Å². The van der Waals surface area contributed by atoms with E-state index in [1.165, 1.54) is 11.3 Å². The predicted molar refractivity (Wildman–Crippen MR) is 53.5 cm³/mol. The highest BCUT2D eigenvalue weighted by molar-refractivity contribution is 7.20. The molecule has 5 heteroatoms. The Labute approximate surface area is 89.0 Å². The third-order valence-corrected chi connectivity index (χ3v) is 3.59. The maximum absolute atomic E-state index is 5.82. The molecule has 0 radical (unpaired) electrons. The van der Waals surface area contributed by atoms with E-state index in [-0.39, 0.29) is 0 Å². The Morgan fingerprint density at radius 2 is 1.27 bits per heavy atom. The molecule has 1 aromatic rings. The largest absolute Gasteiger partial charge is 0.121 e. The Bertz CT molecular complexity index is 231. The zero-order valence-corrected chi connectivity index (χ0v) is 9.17. The van der Waals surface area contributed by atoms with Crippen molar-refractivity contribution >= 4 is 57.7 Å². The summed E-state index contributed by atoms with van der Waals surface area (Å²) in [7, 11) is 0. The van der Waals surface area contributed by atoms with Gasteiger partial charge in [-0.25, -0.2) is 0 Å². The summed E-state index contributed by atoms with van der Waals surface area (Å²) in [6.45, 7) is 0. The molecule has 62 valence electrons. The van der Waals surface area contributed by atoms with Crippen molar-refractivity contribution in [2.24, 2.45) is 0 Å². The van der Waals surface area contributed by atoms with Crippen molar-refractivity contribution in [1.29, 1.82) is 0 Å². The molecule has 0 fully saturated rings. The molecule has 0 N–H and O–H groups in total. The number of thiophene rings is 1. The van der Waals surface area contributed by atoms with Crippen molar-refractivity contribution < 1.29 is 0 Å². The predicted octanol–water partition coefficient (Wildman–Crippen LogP) is 4.53. The van der Waals surface area contributed by atoms with Crippen molar-refractivity contribution in [2.45, 2.75) is 11.8 Å². The minimum absolute atomic E-state index is 0.365. The highest BCUT2D eigenvalue weighted by Crippen LogP contribution is 2.38. The van der Waals surface area contributed by atoms with Gasteiger partial charge in [-0.1, -0.05) is 23.2 Å². The topological polar surface area (TPSA) is 0 Å². The summed E-state index contributed by atoms with van der Waals surface area (Å²) in [5.41, 5.74) is 1.72. The molecule has 0 bridgehead atoms. The van der Waals surface area contributed by atoms with Gasteiger partial charge in [-0.3, -0.25) is 0 Å². The molecule has 1 heterocycles. The van der Waals surface area contributed by atoms with Crippen molar-refractivity contribution in [3.05, 3.63) is 19.8 Å². The molecule has 1 rings (SSSR count). The highest BCUT2D eigenvalue weighted by atomic mass is 35.5. The van der Waals surface area contributed by atoms with Crippen molar-refractivity contribution in [3.8, 4) is 0 Å².